The number of sulfonamides is 1. The lowest BCUT2D eigenvalue weighted by Crippen LogP contribution is -2.16. The van der Waals surface area contributed by atoms with Crippen LogP contribution in [0, 0.1) is 12.7 Å². The van der Waals surface area contributed by atoms with Crippen LogP contribution in [-0.2, 0) is 10.0 Å². The molecule has 0 radical (unpaired) electrons. The third kappa shape index (κ3) is 2.40. The number of anilines is 1. The summed E-state index contributed by atoms with van der Waals surface area (Å²) in [5, 5.41) is 9.83. The lowest BCUT2D eigenvalue weighted by molar-refractivity contribution is 0.594. The Bertz CT molecular complexity index is 923. The average molecular weight is 308 g/mol. The summed E-state index contributed by atoms with van der Waals surface area (Å²) >= 11 is 0. The molecule has 0 aliphatic heterocycles. The number of nitrogens with zero attached hydrogens (tertiary/aromatic N) is 4. The molecule has 0 saturated heterocycles. The Labute approximate surface area is 118 Å². The van der Waals surface area contributed by atoms with E-state index in [1.807, 2.05) is 0 Å². The molecule has 8 nitrogen and oxygen atoms in total. The van der Waals surface area contributed by atoms with E-state index >= 15 is 0 Å². The molecule has 0 amide bonds. The van der Waals surface area contributed by atoms with Crippen LogP contribution in [0.15, 0.2) is 29.4 Å². The number of hydrogen-bond donors (Lipinski definition) is 2. The van der Waals surface area contributed by atoms with Gasteiger partial charge in [0.1, 0.15) is 12.1 Å². The Balaban J connectivity index is 2.08. The number of halogens is 1. The van der Waals surface area contributed by atoms with Gasteiger partial charge < -0.3 is 0 Å². The highest BCUT2D eigenvalue weighted by Gasteiger charge is 2.20. The molecule has 0 atom stereocenters. The van der Waals surface area contributed by atoms with Gasteiger partial charge in [0.05, 0.1) is 4.90 Å². The van der Waals surface area contributed by atoms with Crippen molar-refractivity contribution >= 4 is 27.0 Å². The lowest BCUT2D eigenvalue weighted by atomic mass is 10.2. The second kappa shape index (κ2) is 4.74. The van der Waals surface area contributed by atoms with Crippen molar-refractivity contribution in [1.82, 2.24) is 25.4 Å². The summed E-state index contributed by atoms with van der Waals surface area (Å²) in [5.74, 6) is -0.673. The number of benzene rings is 1. The molecule has 0 spiro atoms. The van der Waals surface area contributed by atoms with Crippen LogP contribution in [0.5, 0.6) is 0 Å². The van der Waals surface area contributed by atoms with Crippen LogP contribution < -0.4 is 4.72 Å². The fourth-order valence-electron chi connectivity index (χ4n) is 1.80. The van der Waals surface area contributed by atoms with Crippen LogP contribution in [0.25, 0.3) is 11.2 Å². The van der Waals surface area contributed by atoms with Gasteiger partial charge in [-0.15, -0.1) is 5.10 Å². The maximum atomic E-state index is 13.3. The normalized spacial score (nSPS) is 11.7. The summed E-state index contributed by atoms with van der Waals surface area (Å²) < 4.78 is 40.2. The summed E-state index contributed by atoms with van der Waals surface area (Å²) in [4.78, 5) is 7.48. The molecule has 3 rings (SSSR count). The summed E-state index contributed by atoms with van der Waals surface area (Å²) in [6.45, 7) is 1.57. The topological polar surface area (TPSA) is 114 Å². The smallest absolute Gasteiger partial charge is 0.261 e. The Kier molecular flexibility index (Phi) is 3.01. The van der Waals surface area contributed by atoms with E-state index in [4.69, 9.17) is 0 Å². The Morgan fingerprint density at radius 2 is 2.05 bits per heavy atom. The number of nitrogens with one attached hydrogen (secondary N) is 2. The van der Waals surface area contributed by atoms with Gasteiger partial charge >= 0.3 is 0 Å². The Morgan fingerprint density at radius 3 is 2.86 bits per heavy atom. The maximum Gasteiger partial charge on any atom is 0.263 e. The molecule has 0 bridgehead atoms. The Morgan fingerprint density at radius 1 is 1.24 bits per heavy atom. The van der Waals surface area contributed by atoms with Crippen molar-refractivity contribution < 1.29 is 12.8 Å². The van der Waals surface area contributed by atoms with Crippen molar-refractivity contribution in [2.24, 2.45) is 0 Å². The number of fused-ring (bicyclic) bond motifs is 1. The number of aryl methyl sites for hydroxylation is 1. The minimum absolute atomic E-state index is 0.0302. The van der Waals surface area contributed by atoms with Gasteiger partial charge in [-0.2, -0.15) is 10.3 Å². The lowest BCUT2D eigenvalue weighted by Gasteiger charge is -2.09. The van der Waals surface area contributed by atoms with E-state index in [-0.39, 0.29) is 21.9 Å². The van der Waals surface area contributed by atoms with Gasteiger partial charge in [0.15, 0.2) is 11.3 Å². The van der Waals surface area contributed by atoms with Crippen LogP contribution in [-0.4, -0.2) is 33.8 Å². The molecule has 2 heterocycles. The van der Waals surface area contributed by atoms with Crippen molar-refractivity contribution in [3.63, 3.8) is 0 Å². The van der Waals surface area contributed by atoms with Gasteiger partial charge in [-0.1, -0.05) is 6.07 Å². The number of H-pyrrole nitrogens is 1. The van der Waals surface area contributed by atoms with Crippen LogP contribution in [0.1, 0.15) is 5.56 Å². The first-order chi connectivity index (χ1) is 9.97. The van der Waals surface area contributed by atoms with E-state index in [0.29, 0.717) is 5.56 Å². The molecule has 0 unspecified atom stereocenters. The highest BCUT2D eigenvalue weighted by molar-refractivity contribution is 7.92. The monoisotopic (exact) mass is 308 g/mol. The highest BCUT2D eigenvalue weighted by Crippen LogP contribution is 2.21. The van der Waals surface area contributed by atoms with Gasteiger partial charge in [0, 0.05) is 0 Å². The van der Waals surface area contributed by atoms with Crippen LogP contribution in [0.4, 0.5) is 10.2 Å². The van der Waals surface area contributed by atoms with Crippen molar-refractivity contribution in [2.45, 2.75) is 11.8 Å². The number of rotatable bonds is 3. The zero-order chi connectivity index (χ0) is 15.0. The van der Waals surface area contributed by atoms with Crippen molar-refractivity contribution in [2.75, 3.05) is 4.72 Å². The van der Waals surface area contributed by atoms with E-state index in [2.05, 4.69) is 30.1 Å². The molecule has 2 aromatic heterocycles. The molecule has 1 aromatic carbocycles. The van der Waals surface area contributed by atoms with Gasteiger partial charge in [-0.05, 0) is 24.6 Å². The van der Waals surface area contributed by atoms with E-state index in [9.17, 15) is 12.8 Å². The molecule has 2 N–H and O–H groups in total. The van der Waals surface area contributed by atoms with Crippen molar-refractivity contribution in [3.8, 4) is 0 Å². The van der Waals surface area contributed by atoms with Gasteiger partial charge in [0.25, 0.3) is 10.0 Å². The number of aromatic nitrogens is 5. The average Bonchev–Trinajstić information content (AvgIpc) is 2.90. The van der Waals surface area contributed by atoms with Crippen LogP contribution >= 0.6 is 0 Å². The Hall–Kier alpha value is -2.62. The fraction of sp³-hybridized carbons (Fsp3) is 0.0909. The number of aromatic amines is 1. The van der Waals surface area contributed by atoms with Crippen LogP contribution in [0.2, 0.25) is 0 Å². The standard InChI is InChI=1S/C11H9FN6O2S/c1-6-2-3-7(12)4-8(6)21(19,20)17-11-9-10(13-5-14-11)16-18-15-9/h2-5H,1H3,(H2,13,14,15,16,17,18). The second-order valence-corrected chi connectivity index (χ2v) is 5.88. The third-order valence-electron chi connectivity index (χ3n) is 2.79. The van der Waals surface area contributed by atoms with Crippen LogP contribution in [0.3, 0.4) is 0 Å². The van der Waals surface area contributed by atoms with Gasteiger partial charge in [0.2, 0.25) is 5.65 Å². The number of hydrogen-bond acceptors (Lipinski definition) is 6. The minimum Gasteiger partial charge on any atom is -0.261 e. The largest absolute Gasteiger partial charge is 0.263 e. The summed E-state index contributed by atoms with van der Waals surface area (Å²) in [7, 11) is -4.00. The molecule has 0 aliphatic carbocycles. The summed E-state index contributed by atoms with van der Waals surface area (Å²) in [5.41, 5.74) is 0.808. The zero-order valence-electron chi connectivity index (χ0n) is 10.7. The summed E-state index contributed by atoms with van der Waals surface area (Å²) in [6, 6.07) is 3.52. The quantitative estimate of drug-likeness (QED) is 0.746. The fourth-order valence-corrected chi connectivity index (χ4v) is 3.07. The molecule has 0 saturated carbocycles. The first-order valence-electron chi connectivity index (χ1n) is 5.78. The predicted octanol–water partition coefficient (Wildman–Crippen LogP) is 0.996. The molecular formula is C11H9FN6O2S. The first-order valence-corrected chi connectivity index (χ1v) is 7.26. The molecule has 108 valence electrons. The van der Waals surface area contributed by atoms with E-state index < -0.39 is 15.8 Å². The van der Waals surface area contributed by atoms with Gasteiger partial charge in [-0.25, -0.2) is 22.8 Å². The predicted molar refractivity (Wildman–Crippen MR) is 71.4 cm³/mol. The molecule has 0 fully saturated rings. The zero-order valence-corrected chi connectivity index (χ0v) is 11.5. The molecule has 21 heavy (non-hydrogen) atoms. The first kappa shape index (κ1) is 13.4. The molecule has 10 heteroatoms. The van der Waals surface area contributed by atoms with E-state index in [1.165, 1.54) is 12.1 Å². The minimum atomic E-state index is -4.00. The van der Waals surface area contributed by atoms with Gasteiger partial charge in [-0.3, -0.25) is 4.72 Å². The second-order valence-electron chi connectivity index (χ2n) is 4.23. The highest BCUT2D eigenvalue weighted by atomic mass is 32.2. The molecular weight excluding hydrogens is 299 g/mol. The molecule has 0 aliphatic rings. The summed E-state index contributed by atoms with van der Waals surface area (Å²) in [6.07, 6.45) is 1.15. The van der Waals surface area contributed by atoms with Crippen molar-refractivity contribution in [3.05, 3.63) is 35.9 Å². The van der Waals surface area contributed by atoms with Crippen molar-refractivity contribution in [1.29, 1.82) is 0 Å². The van der Waals surface area contributed by atoms with E-state index in [1.54, 1.807) is 6.92 Å². The third-order valence-corrected chi connectivity index (χ3v) is 4.27. The maximum absolute atomic E-state index is 13.3. The van der Waals surface area contributed by atoms with E-state index in [0.717, 1.165) is 12.4 Å². The molecule has 3 aromatic rings. The SMILES string of the molecule is Cc1ccc(F)cc1S(=O)(=O)Nc1ncnc2n[nH]nc12.